The smallest absolute Gasteiger partial charge is 0.270 e. The Kier molecular flexibility index (Phi) is 6.58. The number of nitro groups is 1. The molecule has 0 spiro atoms. The fourth-order valence-corrected chi connectivity index (χ4v) is 2.52. The molecule has 1 N–H and O–H groups in total. The first kappa shape index (κ1) is 18.2. The normalized spacial score (nSPS) is 15.1. The molecule has 1 aromatic carbocycles. The van der Waals surface area contributed by atoms with Crippen LogP contribution in [-0.4, -0.2) is 49.0 Å². The van der Waals surface area contributed by atoms with Crippen LogP contribution in [0.4, 0.5) is 5.69 Å². The molecule has 0 bridgehead atoms. The van der Waals surface area contributed by atoms with Crippen LogP contribution in [0.25, 0.3) is 0 Å². The molecule has 0 unspecified atom stereocenters. The quantitative estimate of drug-likeness (QED) is 0.673. The Labute approximate surface area is 135 Å². The van der Waals surface area contributed by atoms with Gasteiger partial charge in [0.25, 0.3) is 11.6 Å². The van der Waals surface area contributed by atoms with Gasteiger partial charge in [-0.25, -0.2) is 0 Å². The zero-order valence-corrected chi connectivity index (χ0v) is 13.4. The van der Waals surface area contributed by atoms with Crippen molar-refractivity contribution in [3.63, 3.8) is 0 Å². The van der Waals surface area contributed by atoms with E-state index in [1.54, 1.807) is 4.90 Å². The summed E-state index contributed by atoms with van der Waals surface area (Å²) in [5.41, 5.74) is 0.138. The molecule has 1 saturated heterocycles. The monoisotopic (exact) mass is 329 g/mol. The van der Waals surface area contributed by atoms with Crippen molar-refractivity contribution < 1.29 is 14.5 Å². The van der Waals surface area contributed by atoms with Gasteiger partial charge in [-0.1, -0.05) is 0 Å². The van der Waals surface area contributed by atoms with Crippen LogP contribution in [0.15, 0.2) is 18.2 Å². The first-order valence-electron chi connectivity index (χ1n) is 6.85. The molecule has 0 saturated carbocycles. The molecule has 1 aromatic rings. The molecule has 1 fully saturated rings. The summed E-state index contributed by atoms with van der Waals surface area (Å²) in [4.78, 5) is 24.6. The molecule has 1 aliphatic rings. The Balaban J connectivity index is 0.00000242. The number of piperidine rings is 1. The lowest BCUT2D eigenvalue weighted by molar-refractivity contribution is -0.384. The van der Waals surface area contributed by atoms with E-state index in [2.05, 4.69) is 5.32 Å². The van der Waals surface area contributed by atoms with Gasteiger partial charge in [0.1, 0.15) is 5.75 Å². The number of nitrogens with one attached hydrogen (secondary N) is 1. The first-order valence-corrected chi connectivity index (χ1v) is 6.85. The topological polar surface area (TPSA) is 84.7 Å². The third kappa shape index (κ3) is 3.86. The van der Waals surface area contributed by atoms with E-state index in [0.29, 0.717) is 24.9 Å². The molecule has 7 nitrogen and oxygen atoms in total. The number of carbonyl (C=O) groups excluding carboxylic acids is 1. The highest BCUT2D eigenvalue weighted by atomic mass is 35.5. The van der Waals surface area contributed by atoms with Crippen molar-refractivity contribution in [1.82, 2.24) is 10.2 Å². The molecule has 122 valence electrons. The average molecular weight is 330 g/mol. The molecule has 1 heterocycles. The maximum absolute atomic E-state index is 12.6. The second-order valence-corrected chi connectivity index (χ2v) is 5.00. The van der Waals surface area contributed by atoms with Crippen molar-refractivity contribution in [2.75, 3.05) is 27.2 Å². The van der Waals surface area contributed by atoms with E-state index >= 15 is 0 Å². The van der Waals surface area contributed by atoms with E-state index in [-0.39, 0.29) is 29.6 Å². The molecule has 8 heteroatoms. The number of methoxy groups -OCH3 is 1. The summed E-state index contributed by atoms with van der Waals surface area (Å²) in [6.45, 7) is 1.27. The van der Waals surface area contributed by atoms with Crippen LogP contribution < -0.4 is 10.1 Å². The minimum atomic E-state index is -0.510. The summed E-state index contributed by atoms with van der Waals surface area (Å²) in [6.07, 6.45) is 1.75. The van der Waals surface area contributed by atoms with Crippen molar-refractivity contribution in [3.8, 4) is 5.75 Å². The Bertz CT molecular complexity index is 545. The van der Waals surface area contributed by atoms with Gasteiger partial charge in [-0.2, -0.15) is 0 Å². The van der Waals surface area contributed by atoms with Gasteiger partial charge in [-0.3, -0.25) is 14.9 Å². The maximum atomic E-state index is 12.6. The van der Waals surface area contributed by atoms with E-state index < -0.39 is 4.92 Å². The van der Waals surface area contributed by atoms with Gasteiger partial charge in [0.2, 0.25) is 0 Å². The highest BCUT2D eigenvalue weighted by Crippen LogP contribution is 2.26. The van der Waals surface area contributed by atoms with Gasteiger partial charge in [0, 0.05) is 31.3 Å². The summed E-state index contributed by atoms with van der Waals surface area (Å²) in [5.74, 6) is 0.145. The molecular formula is C14H20ClN3O4. The number of non-ortho nitro benzene ring substituents is 1. The second-order valence-electron chi connectivity index (χ2n) is 5.00. The van der Waals surface area contributed by atoms with Crippen molar-refractivity contribution in [2.45, 2.75) is 18.9 Å². The highest BCUT2D eigenvalue weighted by molar-refractivity contribution is 5.97. The lowest BCUT2D eigenvalue weighted by Crippen LogP contribution is -2.44. The molecular weight excluding hydrogens is 310 g/mol. The largest absolute Gasteiger partial charge is 0.496 e. The van der Waals surface area contributed by atoms with Crippen LogP contribution in [0, 0.1) is 10.1 Å². The van der Waals surface area contributed by atoms with Gasteiger partial charge in [0.15, 0.2) is 0 Å². The lowest BCUT2D eigenvalue weighted by atomic mass is 10.0. The number of ether oxygens (including phenoxy) is 1. The molecule has 0 atom stereocenters. The number of nitrogens with zero attached hydrogens (tertiary/aromatic N) is 2. The van der Waals surface area contributed by atoms with Crippen molar-refractivity contribution in [1.29, 1.82) is 0 Å². The summed E-state index contributed by atoms with van der Waals surface area (Å²) >= 11 is 0. The standard InChI is InChI=1S/C14H19N3O4.ClH/c1-15-10-5-7-16(8-6-10)14(18)12-9-11(17(19)20)3-4-13(12)21-2;/h3-4,9-10,15H,5-8H2,1-2H3;1H. The van der Waals surface area contributed by atoms with Gasteiger partial charge >= 0.3 is 0 Å². The second kappa shape index (κ2) is 7.95. The molecule has 22 heavy (non-hydrogen) atoms. The number of carbonyl (C=O) groups is 1. The van der Waals surface area contributed by atoms with Gasteiger partial charge in [0.05, 0.1) is 17.6 Å². The number of likely N-dealkylation sites (tertiary alicyclic amines) is 1. The predicted octanol–water partition coefficient (Wildman–Crippen LogP) is 1.85. The van der Waals surface area contributed by atoms with Crippen LogP contribution in [0.5, 0.6) is 5.75 Å². The zero-order valence-electron chi connectivity index (χ0n) is 12.6. The third-order valence-electron chi connectivity index (χ3n) is 3.81. The van der Waals surface area contributed by atoms with Crippen LogP contribution >= 0.6 is 12.4 Å². The van der Waals surface area contributed by atoms with E-state index in [1.807, 2.05) is 7.05 Å². The summed E-state index contributed by atoms with van der Waals surface area (Å²) in [7, 11) is 3.36. The van der Waals surface area contributed by atoms with E-state index in [0.717, 1.165) is 12.8 Å². The van der Waals surface area contributed by atoms with Crippen molar-refractivity contribution in [3.05, 3.63) is 33.9 Å². The number of hydrogen-bond donors (Lipinski definition) is 1. The Hall–Kier alpha value is -1.86. The first-order chi connectivity index (χ1) is 10.1. The Morgan fingerprint density at radius 2 is 2.05 bits per heavy atom. The highest BCUT2D eigenvalue weighted by Gasteiger charge is 2.26. The SMILES string of the molecule is CNC1CCN(C(=O)c2cc([N+](=O)[O-])ccc2OC)CC1.Cl. The third-order valence-corrected chi connectivity index (χ3v) is 3.81. The van der Waals surface area contributed by atoms with E-state index in [1.165, 1.54) is 25.3 Å². The fraction of sp³-hybridized carbons (Fsp3) is 0.500. The number of benzene rings is 1. The summed E-state index contributed by atoms with van der Waals surface area (Å²) in [6, 6.07) is 4.50. The van der Waals surface area contributed by atoms with Crippen LogP contribution in [0.1, 0.15) is 23.2 Å². The number of hydrogen-bond acceptors (Lipinski definition) is 5. The van der Waals surface area contributed by atoms with Crippen LogP contribution in [-0.2, 0) is 0 Å². The zero-order chi connectivity index (χ0) is 15.4. The van der Waals surface area contributed by atoms with E-state index in [4.69, 9.17) is 4.74 Å². The van der Waals surface area contributed by atoms with Gasteiger partial charge in [-0.15, -0.1) is 12.4 Å². The average Bonchev–Trinajstić information content (AvgIpc) is 2.53. The van der Waals surface area contributed by atoms with Crippen LogP contribution in [0.3, 0.4) is 0 Å². The van der Waals surface area contributed by atoms with Gasteiger partial charge < -0.3 is 15.0 Å². The number of amides is 1. The van der Waals surface area contributed by atoms with Crippen molar-refractivity contribution in [2.24, 2.45) is 0 Å². The Morgan fingerprint density at radius 3 is 2.55 bits per heavy atom. The van der Waals surface area contributed by atoms with Gasteiger partial charge in [-0.05, 0) is 26.0 Å². The lowest BCUT2D eigenvalue weighted by Gasteiger charge is -2.32. The minimum Gasteiger partial charge on any atom is -0.496 e. The number of rotatable bonds is 4. The molecule has 0 aliphatic carbocycles. The van der Waals surface area contributed by atoms with Crippen molar-refractivity contribution >= 4 is 24.0 Å². The minimum absolute atomic E-state index is 0. The summed E-state index contributed by atoms with van der Waals surface area (Å²) in [5, 5.41) is 14.1. The molecule has 0 radical (unpaired) electrons. The number of halogens is 1. The molecule has 1 amide bonds. The molecule has 1 aliphatic heterocycles. The molecule has 2 rings (SSSR count). The van der Waals surface area contributed by atoms with Crippen LogP contribution in [0.2, 0.25) is 0 Å². The number of nitro benzene ring substituents is 1. The summed E-state index contributed by atoms with van der Waals surface area (Å²) < 4.78 is 5.15. The molecule has 0 aromatic heterocycles. The fourth-order valence-electron chi connectivity index (χ4n) is 2.52. The van der Waals surface area contributed by atoms with E-state index in [9.17, 15) is 14.9 Å². The Morgan fingerprint density at radius 1 is 1.41 bits per heavy atom. The predicted molar refractivity (Wildman–Crippen MR) is 84.9 cm³/mol. The maximum Gasteiger partial charge on any atom is 0.270 e.